The van der Waals surface area contributed by atoms with Gasteiger partial charge < -0.3 is 23.9 Å². The first-order chi connectivity index (χ1) is 18.9. The normalized spacial score (nSPS) is 13.2. The number of carboxylic acids is 1. The number of ether oxygens (including phenoxy) is 2. The number of hydrogen-bond acceptors (Lipinski definition) is 11. The molecule has 1 fully saturated rings. The van der Waals surface area contributed by atoms with Gasteiger partial charge in [-0.2, -0.15) is 5.26 Å². The zero-order valence-corrected chi connectivity index (χ0v) is 21.4. The summed E-state index contributed by atoms with van der Waals surface area (Å²) in [5.41, 5.74) is 2.56. The molecule has 1 aliphatic heterocycles. The van der Waals surface area contributed by atoms with E-state index in [9.17, 15) is 25.3 Å². The van der Waals surface area contributed by atoms with Crippen molar-refractivity contribution in [2.45, 2.75) is 13.5 Å². The van der Waals surface area contributed by atoms with Crippen molar-refractivity contribution in [3.05, 3.63) is 74.0 Å². The number of thiophene rings is 1. The second-order valence-electron chi connectivity index (χ2n) is 8.52. The molecule has 13 heteroatoms. The number of anilines is 1. The Morgan fingerprint density at radius 2 is 2.00 bits per heavy atom. The van der Waals surface area contributed by atoms with Crippen LogP contribution in [-0.4, -0.2) is 52.3 Å². The molecule has 39 heavy (non-hydrogen) atoms. The Morgan fingerprint density at radius 3 is 2.62 bits per heavy atom. The summed E-state index contributed by atoms with van der Waals surface area (Å²) in [4.78, 5) is 33.3. The first-order valence-electron chi connectivity index (χ1n) is 11.8. The Bertz CT molecular complexity index is 1550. The summed E-state index contributed by atoms with van der Waals surface area (Å²) < 4.78 is 16.6. The minimum atomic E-state index is -1.31. The zero-order valence-electron chi connectivity index (χ0n) is 20.6. The second-order valence-corrected chi connectivity index (χ2v) is 9.40. The average molecular weight is 548 g/mol. The van der Waals surface area contributed by atoms with Crippen LogP contribution in [0.1, 0.15) is 26.7 Å². The van der Waals surface area contributed by atoms with Crippen LogP contribution < -0.4 is 9.64 Å². The topological polar surface area (TPSA) is 165 Å². The predicted octanol–water partition coefficient (Wildman–Crippen LogP) is 4.67. The molecule has 0 radical (unpaired) electrons. The Labute approximate surface area is 225 Å². The number of nitrogens with zero attached hydrogens (tertiary/aromatic N) is 5. The third-order valence-corrected chi connectivity index (χ3v) is 7.15. The van der Waals surface area contributed by atoms with Gasteiger partial charge in [-0.05, 0) is 18.2 Å². The number of rotatable bonds is 8. The summed E-state index contributed by atoms with van der Waals surface area (Å²) in [6, 6.07) is 11.5. The van der Waals surface area contributed by atoms with Crippen molar-refractivity contribution < 1.29 is 28.7 Å². The molecule has 12 nitrogen and oxygen atoms in total. The molecule has 5 rings (SSSR count). The van der Waals surface area contributed by atoms with Crippen LogP contribution in [0.3, 0.4) is 0 Å². The van der Waals surface area contributed by atoms with Crippen molar-refractivity contribution in [3.63, 3.8) is 0 Å². The molecular formula is C26H21N5O7S. The van der Waals surface area contributed by atoms with E-state index < -0.39 is 17.5 Å². The number of hydrogen-bond donors (Lipinski definition) is 1. The second kappa shape index (κ2) is 10.9. The lowest BCUT2D eigenvalue weighted by Gasteiger charge is -2.28. The molecule has 4 heterocycles. The number of carboxylic acid groups (broad SMARTS) is 1. The smallest absolute Gasteiger partial charge is 0.346 e. The van der Waals surface area contributed by atoms with Gasteiger partial charge in [0.25, 0.3) is 5.69 Å². The molecule has 1 N–H and O–H groups in total. The van der Waals surface area contributed by atoms with E-state index in [1.165, 1.54) is 6.26 Å². The fourth-order valence-electron chi connectivity index (χ4n) is 4.22. The molecule has 0 spiro atoms. The average Bonchev–Trinajstić information content (AvgIpc) is 3.58. The maximum atomic E-state index is 11.6. The molecule has 4 aromatic rings. The molecule has 0 saturated carbocycles. The van der Waals surface area contributed by atoms with Crippen LogP contribution in [0.5, 0.6) is 5.88 Å². The van der Waals surface area contributed by atoms with Crippen LogP contribution in [0.15, 0.2) is 46.4 Å². The van der Waals surface area contributed by atoms with Gasteiger partial charge >= 0.3 is 5.97 Å². The first-order valence-corrected chi connectivity index (χ1v) is 12.6. The minimum absolute atomic E-state index is 0.0340. The summed E-state index contributed by atoms with van der Waals surface area (Å²) in [5, 5.41) is 32.1. The van der Waals surface area contributed by atoms with E-state index in [-0.39, 0.29) is 27.6 Å². The highest BCUT2D eigenvalue weighted by Crippen LogP contribution is 2.36. The number of aryl methyl sites for hydroxylation is 1. The summed E-state index contributed by atoms with van der Waals surface area (Å²) in [7, 11) is 0. The van der Waals surface area contributed by atoms with Crippen molar-refractivity contribution in [2.24, 2.45) is 0 Å². The van der Waals surface area contributed by atoms with Gasteiger partial charge in [-0.15, -0.1) is 11.3 Å². The van der Waals surface area contributed by atoms with Crippen LogP contribution in [0.25, 0.3) is 22.5 Å². The van der Waals surface area contributed by atoms with Gasteiger partial charge in [0.2, 0.25) is 5.88 Å². The number of pyridine rings is 1. The SMILES string of the molecule is Cc1nc(-c2cc(-c3ccc(N4CCOCC4)cc3)nc(OCc3c([N+](=O)[O-])csc3C(=O)O)c2C#N)co1. The van der Waals surface area contributed by atoms with Gasteiger partial charge in [-0.3, -0.25) is 10.1 Å². The van der Waals surface area contributed by atoms with E-state index in [1.54, 1.807) is 13.0 Å². The lowest BCUT2D eigenvalue weighted by molar-refractivity contribution is -0.385. The number of aromatic nitrogens is 2. The number of nitriles is 1. The van der Waals surface area contributed by atoms with Gasteiger partial charge in [0.1, 0.15) is 35.1 Å². The Hall–Kier alpha value is -4.80. The van der Waals surface area contributed by atoms with E-state index in [0.29, 0.717) is 36.1 Å². The predicted molar refractivity (Wildman–Crippen MR) is 140 cm³/mol. The van der Waals surface area contributed by atoms with Crippen LogP contribution in [0, 0.1) is 28.4 Å². The number of nitro groups is 1. The molecule has 198 valence electrons. The molecule has 1 saturated heterocycles. The maximum absolute atomic E-state index is 11.6. The van der Waals surface area contributed by atoms with Crippen LogP contribution in [-0.2, 0) is 11.3 Å². The fraction of sp³-hybridized carbons (Fsp3) is 0.231. The van der Waals surface area contributed by atoms with Crippen molar-refractivity contribution in [1.29, 1.82) is 5.26 Å². The quantitative estimate of drug-likeness (QED) is 0.241. The van der Waals surface area contributed by atoms with Gasteiger partial charge in [0.15, 0.2) is 5.89 Å². The van der Waals surface area contributed by atoms with Gasteiger partial charge in [0.05, 0.1) is 34.8 Å². The monoisotopic (exact) mass is 547 g/mol. The first kappa shape index (κ1) is 25.8. The van der Waals surface area contributed by atoms with Crippen LogP contribution in [0.2, 0.25) is 0 Å². The largest absolute Gasteiger partial charge is 0.477 e. The third-order valence-electron chi connectivity index (χ3n) is 6.15. The number of benzene rings is 1. The summed E-state index contributed by atoms with van der Waals surface area (Å²) in [6.45, 7) is 4.09. The lowest BCUT2D eigenvalue weighted by atomic mass is 10.0. The van der Waals surface area contributed by atoms with Gasteiger partial charge in [-0.1, -0.05) is 12.1 Å². The molecule has 0 bridgehead atoms. The van der Waals surface area contributed by atoms with E-state index >= 15 is 0 Å². The molecule has 1 aromatic carbocycles. The van der Waals surface area contributed by atoms with E-state index in [1.807, 2.05) is 24.3 Å². The number of carbonyl (C=O) groups is 1. The molecule has 0 aliphatic carbocycles. The van der Waals surface area contributed by atoms with Gasteiger partial charge in [0, 0.05) is 36.8 Å². The van der Waals surface area contributed by atoms with Crippen LogP contribution >= 0.6 is 11.3 Å². The number of oxazole rings is 1. The van der Waals surface area contributed by atoms with Crippen molar-refractivity contribution >= 4 is 28.7 Å². The standard InChI is InChI=1S/C26H21N5O7S/c1-15-28-22(13-37-15)18-10-21(16-2-4-17(5-3-16)30-6-8-36-9-7-30)29-25(19(18)11-27)38-12-20-23(31(34)35)14-39-24(20)26(32)33/h2-5,10,13-14H,6-9,12H2,1H3,(H,32,33). The third kappa shape index (κ3) is 5.28. The van der Waals surface area contributed by atoms with Crippen molar-refractivity contribution in [1.82, 2.24) is 9.97 Å². The number of morpholine rings is 1. The number of aromatic carboxylic acids is 1. The van der Waals surface area contributed by atoms with Crippen molar-refractivity contribution in [2.75, 3.05) is 31.2 Å². The minimum Gasteiger partial charge on any atom is -0.477 e. The molecular weight excluding hydrogens is 526 g/mol. The van der Waals surface area contributed by atoms with Crippen molar-refractivity contribution in [3.8, 4) is 34.5 Å². The molecule has 1 aliphatic rings. The summed E-state index contributed by atoms with van der Waals surface area (Å²) in [6.07, 6.45) is 1.41. The molecule has 0 unspecified atom stereocenters. The van der Waals surface area contributed by atoms with Crippen LogP contribution in [0.4, 0.5) is 11.4 Å². The highest BCUT2D eigenvalue weighted by atomic mass is 32.1. The summed E-state index contributed by atoms with van der Waals surface area (Å²) in [5.74, 6) is -1.03. The molecule has 0 atom stereocenters. The Balaban J connectivity index is 1.56. The Kier molecular flexibility index (Phi) is 7.22. The lowest BCUT2D eigenvalue weighted by Crippen LogP contribution is -2.36. The maximum Gasteiger partial charge on any atom is 0.346 e. The highest BCUT2D eigenvalue weighted by molar-refractivity contribution is 7.12. The zero-order chi connectivity index (χ0) is 27.5. The van der Waals surface area contributed by atoms with Gasteiger partial charge in [-0.25, -0.2) is 14.8 Å². The van der Waals surface area contributed by atoms with E-state index in [2.05, 4.69) is 20.9 Å². The Morgan fingerprint density at radius 1 is 1.26 bits per heavy atom. The molecule has 0 amide bonds. The highest BCUT2D eigenvalue weighted by Gasteiger charge is 2.27. The fourth-order valence-corrected chi connectivity index (χ4v) is 5.09. The molecule has 3 aromatic heterocycles. The van der Waals surface area contributed by atoms with E-state index in [4.69, 9.17) is 13.9 Å². The summed E-state index contributed by atoms with van der Waals surface area (Å²) >= 11 is 0.733. The van der Waals surface area contributed by atoms with E-state index in [0.717, 1.165) is 41.1 Å².